The van der Waals surface area contributed by atoms with Gasteiger partial charge in [0.15, 0.2) is 15.8 Å². The smallest absolute Gasteiger partial charge is 0.193 e. The van der Waals surface area contributed by atoms with Crippen LogP contribution < -0.4 is 5.32 Å². The first-order valence-corrected chi connectivity index (χ1v) is 9.91. The van der Waals surface area contributed by atoms with Crippen LogP contribution in [0.5, 0.6) is 0 Å². The summed E-state index contributed by atoms with van der Waals surface area (Å²) in [4.78, 5) is 6.33. The minimum Gasteiger partial charge on any atom is -0.357 e. The van der Waals surface area contributed by atoms with Crippen molar-refractivity contribution in [3.63, 3.8) is 0 Å². The number of sulfone groups is 1. The summed E-state index contributed by atoms with van der Waals surface area (Å²) >= 11 is 0. The average Bonchev–Trinajstić information content (AvgIpc) is 2.86. The van der Waals surface area contributed by atoms with Crippen molar-refractivity contribution < 1.29 is 12.8 Å². The van der Waals surface area contributed by atoms with E-state index in [-0.39, 0.29) is 22.6 Å². The van der Waals surface area contributed by atoms with Crippen LogP contribution in [0.15, 0.2) is 34.2 Å². The molecule has 1 aromatic rings. The standard InChI is InChI=1S/C17H26FN3O2S/c1-4-19-16(21-11-9-17(2,3)13-21)20-10-12-24(22,23)15-8-6-5-7-14(15)18/h5-8H,4,9-13H2,1-3H3,(H,19,20). The van der Waals surface area contributed by atoms with Crippen molar-refractivity contribution >= 4 is 15.8 Å². The predicted octanol–water partition coefficient (Wildman–Crippen LogP) is 2.30. The van der Waals surface area contributed by atoms with Crippen LogP contribution in [0.2, 0.25) is 0 Å². The molecule has 1 N–H and O–H groups in total. The summed E-state index contributed by atoms with van der Waals surface area (Å²) in [5.41, 5.74) is 0.232. The lowest BCUT2D eigenvalue weighted by Gasteiger charge is -2.23. The molecule has 5 nitrogen and oxygen atoms in total. The topological polar surface area (TPSA) is 61.8 Å². The highest BCUT2D eigenvalue weighted by molar-refractivity contribution is 7.91. The molecule has 1 heterocycles. The predicted molar refractivity (Wildman–Crippen MR) is 94.4 cm³/mol. The molecule has 7 heteroatoms. The Hall–Kier alpha value is -1.63. The minimum absolute atomic E-state index is 0.107. The van der Waals surface area contributed by atoms with E-state index in [1.165, 1.54) is 18.2 Å². The van der Waals surface area contributed by atoms with Gasteiger partial charge in [0.25, 0.3) is 0 Å². The lowest BCUT2D eigenvalue weighted by Crippen LogP contribution is -2.41. The third kappa shape index (κ3) is 4.69. The first kappa shape index (κ1) is 18.7. The van der Waals surface area contributed by atoms with Gasteiger partial charge in [-0.05, 0) is 30.9 Å². The maximum absolute atomic E-state index is 13.7. The third-order valence-corrected chi connectivity index (χ3v) is 5.83. The molecule has 1 fully saturated rings. The largest absolute Gasteiger partial charge is 0.357 e. The number of hydrogen-bond acceptors (Lipinski definition) is 3. The lowest BCUT2D eigenvalue weighted by molar-refractivity contribution is 0.370. The van der Waals surface area contributed by atoms with Crippen molar-refractivity contribution in [3.05, 3.63) is 30.1 Å². The number of nitrogens with zero attached hydrogens (tertiary/aromatic N) is 2. The van der Waals surface area contributed by atoms with Crippen LogP contribution in [-0.2, 0) is 9.84 Å². The van der Waals surface area contributed by atoms with E-state index >= 15 is 0 Å². The van der Waals surface area contributed by atoms with Crippen molar-refractivity contribution in [2.24, 2.45) is 10.4 Å². The zero-order valence-corrected chi connectivity index (χ0v) is 15.4. The molecule has 0 aliphatic carbocycles. The third-order valence-electron chi connectivity index (χ3n) is 4.11. The summed E-state index contributed by atoms with van der Waals surface area (Å²) in [6.07, 6.45) is 1.07. The number of guanidine groups is 1. The van der Waals surface area contributed by atoms with Crippen molar-refractivity contribution in [3.8, 4) is 0 Å². The molecule has 24 heavy (non-hydrogen) atoms. The van der Waals surface area contributed by atoms with E-state index in [0.717, 1.165) is 38.1 Å². The zero-order valence-electron chi connectivity index (χ0n) is 14.5. The Morgan fingerprint density at radius 1 is 1.38 bits per heavy atom. The Bertz CT molecular complexity index is 702. The fourth-order valence-corrected chi connectivity index (χ4v) is 4.00. The summed E-state index contributed by atoms with van der Waals surface area (Å²) in [6.45, 7) is 9.01. The van der Waals surface area contributed by atoms with Crippen LogP contribution in [0.25, 0.3) is 0 Å². The maximum Gasteiger partial charge on any atom is 0.193 e. The van der Waals surface area contributed by atoms with E-state index < -0.39 is 15.7 Å². The van der Waals surface area contributed by atoms with E-state index in [0.29, 0.717) is 0 Å². The molecular formula is C17H26FN3O2S. The number of benzene rings is 1. The van der Waals surface area contributed by atoms with Crippen molar-refractivity contribution in [2.45, 2.75) is 32.1 Å². The van der Waals surface area contributed by atoms with Crippen LogP contribution in [0, 0.1) is 11.2 Å². The van der Waals surface area contributed by atoms with Gasteiger partial charge in [0, 0.05) is 19.6 Å². The van der Waals surface area contributed by atoms with Gasteiger partial charge in [-0.15, -0.1) is 0 Å². The molecule has 1 aliphatic heterocycles. The van der Waals surface area contributed by atoms with E-state index in [4.69, 9.17) is 0 Å². The molecule has 134 valence electrons. The molecule has 2 rings (SSSR count). The van der Waals surface area contributed by atoms with E-state index in [1.54, 1.807) is 0 Å². The van der Waals surface area contributed by atoms with Gasteiger partial charge < -0.3 is 10.2 Å². The molecular weight excluding hydrogens is 329 g/mol. The van der Waals surface area contributed by atoms with Gasteiger partial charge in [-0.3, -0.25) is 4.99 Å². The van der Waals surface area contributed by atoms with Crippen molar-refractivity contribution in [1.29, 1.82) is 0 Å². The van der Waals surface area contributed by atoms with E-state index in [2.05, 4.69) is 29.1 Å². The van der Waals surface area contributed by atoms with Gasteiger partial charge in [0.05, 0.1) is 12.3 Å². The van der Waals surface area contributed by atoms with Gasteiger partial charge in [0.1, 0.15) is 10.7 Å². The SMILES string of the molecule is CCNC(=NCCS(=O)(=O)c1ccccc1F)N1CCC(C)(C)C1. The Labute approximate surface area is 143 Å². The number of rotatable bonds is 5. The van der Waals surface area contributed by atoms with Crippen LogP contribution in [-0.4, -0.2) is 51.2 Å². The molecule has 0 spiro atoms. The second-order valence-corrected chi connectivity index (χ2v) is 8.90. The highest BCUT2D eigenvalue weighted by Crippen LogP contribution is 2.28. The number of aliphatic imine (C=N–C) groups is 1. The quantitative estimate of drug-likeness (QED) is 0.650. The Balaban J connectivity index is 2.06. The molecule has 0 radical (unpaired) electrons. The van der Waals surface area contributed by atoms with Crippen LogP contribution in [0.4, 0.5) is 4.39 Å². The van der Waals surface area contributed by atoms with Gasteiger partial charge in [-0.1, -0.05) is 26.0 Å². The van der Waals surface area contributed by atoms with Crippen molar-refractivity contribution in [1.82, 2.24) is 10.2 Å². The van der Waals surface area contributed by atoms with Gasteiger partial charge in [0.2, 0.25) is 0 Å². The molecule has 0 unspecified atom stereocenters. The summed E-state index contributed by atoms with van der Waals surface area (Å²) in [6, 6.07) is 5.45. The molecule has 1 aliphatic rings. The van der Waals surface area contributed by atoms with Gasteiger partial charge >= 0.3 is 0 Å². The molecule has 1 aromatic carbocycles. The minimum atomic E-state index is -3.68. The summed E-state index contributed by atoms with van der Waals surface area (Å²) in [7, 11) is -3.68. The molecule has 0 saturated carbocycles. The fraction of sp³-hybridized carbons (Fsp3) is 0.588. The Kier molecular flexibility index (Phi) is 5.85. The fourth-order valence-electron chi connectivity index (χ4n) is 2.80. The van der Waals surface area contributed by atoms with Gasteiger partial charge in [-0.25, -0.2) is 12.8 Å². The summed E-state index contributed by atoms with van der Waals surface area (Å²) < 4.78 is 38.2. The Morgan fingerprint density at radius 2 is 2.08 bits per heavy atom. The van der Waals surface area contributed by atoms with Gasteiger partial charge in [-0.2, -0.15) is 0 Å². The number of likely N-dealkylation sites (tertiary alicyclic amines) is 1. The monoisotopic (exact) mass is 355 g/mol. The number of hydrogen-bond donors (Lipinski definition) is 1. The summed E-state index contributed by atoms with van der Waals surface area (Å²) in [5.74, 6) is -0.193. The number of nitrogens with one attached hydrogen (secondary N) is 1. The van der Waals surface area contributed by atoms with E-state index in [1.807, 2.05) is 6.92 Å². The first-order valence-electron chi connectivity index (χ1n) is 8.26. The van der Waals surface area contributed by atoms with Crippen LogP contribution in [0.3, 0.4) is 0 Å². The zero-order chi connectivity index (χ0) is 17.8. The first-order chi connectivity index (χ1) is 11.2. The molecule has 0 atom stereocenters. The maximum atomic E-state index is 13.7. The van der Waals surface area contributed by atoms with Crippen LogP contribution >= 0.6 is 0 Å². The van der Waals surface area contributed by atoms with Crippen LogP contribution in [0.1, 0.15) is 27.2 Å². The molecule has 0 bridgehead atoms. The molecule has 0 amide bonds. The summed E-state index contributed by atoms with van der Waals surface area (Å²) in [5, 5.41) is 3.21. The molecule has 1 saturated heterocycles. The lowest BCUT2D eigenvalue weighted by atomic mass is 9.93. The second kappa shape index (κ2) is 7.51. The highest BCUT2D eigenvalue weighted by atomic mass is 32.2. The molecule has 0 aromatic heterocycles. The Morgan fingerprint density at radius 3 is 2.67 bits per heavy atom. The average molecular weight is 355 g/mol. The normalized spacial score (nSPS) is 18.0. The second-order valence-electron chi connectivity index (χ2n) is 6.82. The van der Waals surface area contributed by atoms with Crippen molar-refractivity contribution in [2.75, 3.05) is 31.9 Å². The number of halogens is 1. The highest BCUT2D eigenvalue weighted by Gasteiger charge is 2.31. The van der Waals surface area contributed by atoms with E-state index in [9.17, 15) is 12.8 Å².